The molecular weight excluding hydrogens is 399 g/mol. The zero-order chi connectivity index (χ0) is 20.5. The molecule has 11 heteroatoms. The zero-order valence-corrected chi connectivity index (χ0v) is 16.0. The Balaban J connectivity index is 1.86. The van der Waals surface area contributed by atoms with Crippen molar-refractivity contribution in [3.63, 3.8) is 0 Å². The quantitative estimate of drug-likeness (QED) is 0.759. The molecule has 1 aliphatic heterocycles. The molecule has 7 nitrogen and oxygen atoms in total. The molecule has 2 aromatic rings. The zero-order valence-electron chi connectivity index (χ0n) is 15.3. The van der Waals surface area contributed by atoms with Gasteiger partial charge in [-0.1, -0.05) is 11.6 Å². The van der Waals surface area contributed by atoms with Crippen LogP contribution < -0.4 is 10.5 Å². The van der Waals surface area contributed by atoms with Crippen molar-refractivity contribution in [2.45, 2.75) is 12.3 Å². The second-order valence-electron chi connectivity index (χ2n) is 6.66. The molecule has 0 bridgehead atoms. The highest BCUT2D eigenvalue weighted by Gasteiger charge is 2.31. The number of ether oxygens (including phenoxy) is 1. The van der Waals surface area contributed by atoms with Gasteiger partial charge < -0.3 is 14.5 Å². The molecule has 28 heavy (non-hydrogen) atoms. The van der Waals surface area contributed by atoms with Crippen molar-refractivity contribution in [1.29, 1.82) is 0 Å². The number of alkyl halides is 3. The molecule has 0 saturated carbocycles. The highest BCUT2D eigenvalue weighted by Crippen LogP contribution is 2.29. The molecule has 3 rings (SSSR count). The van der Waals surface area contributed by atoms with Gasteiger partial charge >= 0.3 is 6.18 Å². The van der Waals surface area contributed by atoms with Crippen LogP contribution in [0.25, 0.3) is 5.82 Å². The molecule has 1 unspecified atom stereocenters. The third kappa shape index (κ3) is 4.45. The van der Waals surface area contributed by atoms with Crippen LogP contribution in [0.4, 0.5) is 18.9 Å². The van der Waals surface area contributed by atoms with Crippen molar-refractivity contribution in [3.05, 3.63) is 45.5 Å². The van der Waals surface area contributed by atoms with Crippen LogP contribution in [0.1, 0.15) is 5.56 Å². The first-order valence-electron chi connectivity index (χ1n) is 8.49. The van der Waals surface area contributed by atoms with Crippen LogP contribution in [0.3, 0.4) is 0 Å². The van der Waals surface area contributed by atoms with E-state index in [1.807, 2.05) is 23.9 Å². The molecular formula is C17H19ClF3N5O2. The van der Waals surface area contributed by atoms with Gasteiger partial charge in [-0.25, -0.2) is 4.98 Å². The van der Waals surface area contributed by atoms with Gasteiger partial charge in [-0.15, -0.1) is 0 Å². The topological polar surface area (TPSA) is 63.5 Å². The van der Waals surface area contributed by atoms with Crippen LogP contribution in [-0.2, 0) is 10.9 Å². The normalized spacial score (nSPS) is 18.0. The first-order valence-corrected chi connectivity index (χ1v) is 8.87. The van der Waals surface area contributed by atoms with E-state index in [0.717, 1.165) is 16.8 Å². The molecule has 0 aliphatic carbocycles. The second-order valence-corrected chi connectivity index (χ2v) is 7.04. The molecule has 1 fully saturated rings. The van der Waals surface area contributed by atoms with E-state index in [9.17, 15) is 18.0 Å². The molecule has 0 spiro atoms. The predicted molar refractivity (Wildman–Crippen MR) is 98.1 cm³/mol. The van der Waals surface area contributed by atoms with E-state index in [4.69, 9.17) is 16.3 Å². The Morgan fingerprint density at radius 2 is 2.07 bits per heavy atom. The maximum atomic E-state index is 12.7. The molecule has 0 radical (unpaired) electrons. The maximum absolute atomic E-state index is 12.7. The van der Waals surface area contributed by atoms with Crippen molar-refractivity contribution in [2.24, 2.45) is 0 Å². The Morgan fingerprint density at radius 1 is 1.32 bits per heavy atom. The lowest BCUT2D eigenvalue weighted by Crippen LogP contribution is -2.47. The van der Waals surface area contributed by atoms with Crippen molar-refractivity contribution >= 4 is 17.3 Å². The van der Waals surface area contributed by atoms with Crippen molar-refractivity contribution < 1.29 is 17.9 Å². The molecule has 152 valence electrons. The molecule has 3 heterocycles. The third-order valence-corrected chi connectivity index (χ3v) is 4.60. The Kier molecular flexibility index (Phi) is 5.92. The van der Waals surface area contributed by atoms with E-state index in [2.05, 4.69) is 10.1 Å². The number of morpholine rings is 1. The number of aromatic nitrogens is 3. The van der Waals surface area contributed by atoms with Gasteiger partial charge in [0.05, 0.1) is 30.2 Å². The summed E-state index contributed by atoms with van der Waals surface area (Å²) in [4.78, 5) is 20.2. The Hall–Kier alpha value is -2.17. The molecule has 1 saturated heterocycles. The summed E-state index contributed by atoms with van der Waals surface area (Å²) in [6.07, 6.45) is -2.48. The molecule has 0 N–H and O–H groups in total. The second kappa shape index (κ2) is 8.06. The lowest BCUT2D eigenvalue weighted by atomic mass is 10.2. The number of likely N-dealkylation sites (N-methyl/N-ethyl adjacent to an activating group) is 1. The van der Waals surface area contributed by atoms with Gasteiger partial charge in [0.2, 0.25) is 0 Å². The van der Waals surface area contributed by atoms with E-state index in [0.29, 0.717) is 38.1 Å². The minimum absolute atomic E-state index is 0.0427. The van der Waals surface area contributed by atoms with Crippen molar-refractivity contribution in [1.82, 2.24) is 19.7 Å². The summed E-state index contributed by atoms with van der Waals surface area (Å²) in [5, 5.41) is 3.98. The van der Waals surface area contributed by atoms with Crippen molar-refractivity contribution in [2.75, 3.05) is 45.2 Å². The predicted octanol–water partition coefficient (Wildman–Crippen LogP) is 2.07. The highest BCUT2D eigenvalue weighted by atomic mass is 35.5. The lowest BCUT2D eigenvalue weighted by Gasteiger charge is -2.35. The van der Waals surface area contributed by atoms with Crippen LogP contribution in [0.5, 0.6) is 0 Å². The van der Waals surface area contributed by atoms with Gasteiger partial charge in [0.25, 0.3) is 5.56 Å². The Labute approximate surface area is 164 Å². The number of hydrogen-bond acceptors (Lipinski definition) is 6. The van der Waals surface area contributed by atoms with Crippen LogP contribution in [0, 0.1) is 0 Å². The van der Waals surface area contributed by atoms with E-state index in [1.165, 1.54) is 6.20 Å². The fourth-order valence-electron chi connectivity index (χ4n) is 2.94. The van der Waals surface area contributed by atoms with E-state index >= 15 is 0 Å². The first kappa shape index (κ1) is 20.6. The molecule has 2 aromatic heterocycles. The van der Waals surface area contributed by atoms with Gasteiger partial charge in [-0.05, 0) is 26.2 Å². The SMILES string of the molecule is CN(C)CC1CN(c2cnn(-c3ccc(C(F)(F)F)cn3)c(=O)c2Cl)CCO1. The summed E-state index contributed by atoms with van der Waals surface area (Å²) in [5.41, 5.74) is -1.10. The summed E-state index contributed by atoms with van der Waals surface area (Å²) >= 11 is 6.26. The van der Waals surface area contributed by atoms with Gasteiger partial charge in [0.15, 0.2) is 5.82 Å². The summed E-state index contributed by atoms with van der Waals surface area (Å²) in [7, 11) is 3.88. The molecule has 0 amide bonds. The minimum atomic E-state index is -4.51. The largest absolute Gasteiger partial charge is 0.417 e. The van der Waals surface area contributed by atoms with E-state index < -0.39 is 17.3 Å². The average Bonchev–Trinajstić information content (AvgIpc) is 2.63. The Bertz CT molecular complexity index is 886. The summed E-state index contributed by atoms with van der Waals surface area (Å²) < 4.78 is 44.6. The number of hydrogen-bond donors (Lipinski definition) is 0. The third-order valence-electron chi connectivity index (χ3n) is 4.24. The molecule has 1 atom stereocenters. The number of nitrogens with zero attached hydrogens (tertiary/aromatic N) is 5. The highest BCUT2D eigenvalue weighted by molar-refractivity contribution is 6.33. The van der Waals surface area contributed by atoms with E-state index in [-0.39, 0.29) is 16.9 Å². The standard InChI is InChI=1S/C17H19ClF3N5O2/c1-24(2)9-12-10-25(5-6-28-12)13-8-23-26(16(27)15(13)18)14-4-3-11(7-22-14)17(19,20)21/h3-4,7-8,12H,5-6,9-10H2,1-2H3. The average molecular weight is 418 g/mol. The number of rotatable bonds is 4. The monoisotopic (exact) mass is 417 g/mol. The van der Waals surface area contributed by atoms with E-state index in [1.54, 1.807) is 0 Å². The number of pyridine rings is 1. The smallest absolute Gasteiger partial charge is 0.373 e. The van der Waals surface area contributed by atoms with Crippen LogP contribution >= 0.6 is 11.6 Å². The molecule has 0 aromatic carbocycles. The lowest BCUT2D eigenvalue weighted by molar-refractivity contribution is -0.137. The van der Waals surface area contributed by atoms with Gasteiger partial charge in [0.1, 0.15) is 5.02 Å². The van der Waals surface area contributed by atoms with Gasteiger partial charge in [0, 0.05) is 25.8 Å². The number of halogens is 4. The fraction of sp³-hybridized carbons (Fsp3) is 0.471. The van der Waals surface area contributed by atoms with Crippen LogP contribution in [0.2, 0.25) is 5.02 Å². The van der Waals surface area contributed by atoms with Crippen LogP contribution in [-0.4, -0.2) is 66.1 Å². The minimum Gasteiger partial charge on any atom is -0.373 e. The fourth-order valence-corrected chi connectivity index (χ4v) is 3.19. The number of anilines is 1. The van der Waals surface area contributed by atoms with Crippen molar-refractivity contribution in [3.8, 4) is 5.82 Å². The van der Waals surface area contributed by atoms with Crippen LogP contribution in [0.15, 0.2) is 29.3 Å². The molecule has 1 aliphatic rings. The summed E-state index contributed by atoms with van der Waals surface area (Å²) in [6.45, 7) is 2.29. The maximum Gasteiger partial charge on any atom is 0.417 e. The Morgan fingerprint density at radius 3 is 2.68 bits per heavy atom. The van der Waals surface area contributed by atoms with Gasteiger partial charge in [-0.3, -0.25) is 4.79 Å². The summed E-state index contributed by atoms with van der Waals surface area (Å²) in [5.74, 6) is -0.0427. The van der Waals surface area contributed by atoms with Gasteiger partial charge in [-0.2, -0.15) is 23.0 Å². The summed E-state index contributed by atoms with van der Waals surface area (Å²) in [6, 6.07) is 1.92. The first-order chi connectivity index (χ1) is 13.2.